The van der Waals surface area contributed by atoms with Crippen LogP contribution in [0.2, 0.25) is 0 Å². The van der Waals surface area contributed by atoms with Crippen LogP contribution < -0.4 is 0 Å². The van der Waals surface area contributed by atoms with Gasteiger partial charge in [-0.3, -0.25) is 14.6 Å². The lowest BCUT2D eigenvalue weighted by Crippen LogP contribution is -2.51. The minimum atomic E-state index is 0.249. The van der Waals surface area contributed by atoms with Crippen LogP contribution in [-0.4, -0.2) is 72.5 Å². The van der Waals surface area contributed by atoms with Gasteiger partial charge >= 0.3 is 0 Å². The van der Waals surface area contributed by atoms with Crippen molar-refractivity contribution in [2.45, 2.75) is 44.6 Å². The number of nitrogens with zero attached hydrogens (tertiary/aromatic N) is 3. The Morgan fingerprint density at radius 3 is 2.43 bits per heavy atom. The van der Waals surface area contributed by atoms with Gasteiger partial charge in [-0.25, -0.2) is 0 Å². The van der Waals surface area contributed by atoms with Crippen molar-refractivity contribution in [3.63, 3.8) is 0 Å². The van der Waals surface area contributed by atoms with E-state index in [-0.39, 0.29) is 5.92 Å². The molecule has 4 heteroatoms. The number of benzene rings is 1. The van der Waals surface area contributed by atoms with Crippen molar-refractivity contribution >= 4 is 12.0 Å². The molecule has 3 aliphatic rings. The van der Waals surface area contributed by atoms with Crippen LogP contribution in [-0.2, 0) is 4.79 Å². The van der Waals surface area contributed by atoms with Gasteiger partial charge < -0.3 is 4.90 Å². The van der Waals surface area contributed by atoms with Crippen LogP contribution in [0.3, 0.4) is 0 Å². The lowest BCUT2D eigenvalue weighted by Gasteiger charge is -2.42. The molecule has 0 spiro atoms. The molecule has 3 aliphatic heterocycles. The second-order valence-corrected chi connectivity index (χ2v) is 8.71. The van der Waals surface area contributed by atoms with Crippen molar-refractivity contribution in [2.24, 2.45) is 5.92 Å². The smallest absolute Gasteiger partial charge is 0.226 e. The molecule has 3 fully saturated rings. The van der Waals surface area contributed by atoms with E-state index in [2.05, 4.69) is 57.2 Å². The molecule has 4 rings (SSSR count). The fourth-order valence-electron chi connectivity index (χ4n) is 5.10. The average molecular weight is 382 g/mol. The van der Waals surface area contributed by atoms with Crippen LogP contribution in [0, 0.1) is 5.92 Å². The standard InChI is InChI=1S/C24H35N3O/c28-24(26-15-4-5-16-26)22-11-7-17-27(20-22)23-12-18-25(19-13-23)14-6-10-21-8-2-1-3-9-21/h1-3,6,8-10,22-23H,4-5,7,11-20H2/b10-6+/t22-/m0/s1. The minimum absolute atomic E-state index is 0.249. The number of rotatable bonds is 5. The number of carbonyl (C=O) groups excluding carboxylic acids is 1. The molecule has 1 aromatic carbocycles. The summed E-state index contributed by atoms with van der Waals surface area (Å²) in [6.07, 6.45) is 11.7. The summed E-state index contributed by atoms with van der Waals surface area (Å²) in [5.74, 6) is 0.685. The van der Waals surface area contributed by atoms with Crippen LogP contribution in [0.1, 0.15) is 44.1 Å². The number of hydrogen-bond acceptors (Lipinski definition) is 3. The number of amides is 1. The fraction of sp³-hybridized carbons (Fsp3) is 0.625. The third-order valence-electron chi connectivity index (χ3n) is 6.77. The van der Waals surface area contributed by atoms with Crippen molar-refractivity contribution in [2.75, 3.05) is 45.8 Å². The molecule has 0 N–H and O–H groups in total. The van der Waals surface area contributed by atoms with Crippen molar-refractivity contribution < 1.29 is 4.79 Å². The van der Waals surface area contributed by atoms with Crippen molar-refractivity contribution in [3.8, 4) is 0 Å². The molecule has 3 heterocycles. The zero-order valence-corrected chi connectivity index (χ0v) is 17.1. The Morgan fingerprint density at radius 2 is 1.68 bits per heavy atom. The maximum Gasteiger partial charge on any atom is 0.226 e. The molecule has 1 atom stereocenters. The van der Waals surface area contributed by atoms with E-state index in [9.17, 15) is 4.79 Å². The Hall–Kier alpha value is -1.65. The predicted octanol–water partition coefficient (Wildman–Crippen LogP) is 3.50. The molecule has 0 saturated carbocycles. The molecular weight excluding hydrogens is 346 g/mol. The van der Waals surface area contributed by atoms with E-state index in [4.69, 9.17) is 0 Å². The molecule has 1 amide bonds. The zero-order chi connectivity index (χ0) is 19.2. The van der Waals surface area contributed by atoms with E-state index in [0.29, 0.717) is 11.9 Å². The van der Waals surface area contributed by atoms with Gasteiger partial charge in [0.15, 0.2) is 0 Å². The molecule has 0 bridgehead atoms. The number of carbonyl (C=O) groups is 1. The maximum absolute atomic E-state index is 12.8. The Balaban J connectivity index is 1.22. The van der Waals surface area contributed by atoms with Gasteiger partial charge in [0.25, 0.3) is 0 Å². The molecule has 28 heavy (non-hydrogen) atoms. The molecule has 1 aromatic rings. The van der Waals surface area contributed by atoms with Crippen LogP contribution in [0.25, 0.3) is 6.08 Å². The normalized spacial score (nSPS) is 25.6. The molecule has 0 aliphatic carbocycles. The van der Waals surface area contributed by atoms with Gasteiger partial charge in [-0.1, -0.05) is 42.5 Å². The third-order valence-corrected chi connectivity index (χ3v) is 6.77. The summed E-state index contributed by atoms with van der Waals surface area (Å²) in [5.41, 5.74) is 1.28. The molecule has 0 aromatic heterocycles. The van der Waals surface area contributed by atoms with E-state index in [1.54, 1.807) is 0 Å². The fourth-order valence-corrected chi connectivity index (χ4v) is 5.10. The van der Waals surface area contributed by atoms with Crippen molar-refractivity contribution in [1.29, 1.82) is 0 Å². The first-order chi connectivity index (χ1) is 13.8. The van der Waals surface area contributed by atoms with Crippen LogP contribution in [0.4, 0.5) is 0 Å². The first kappa shape index (κ1) is 19.7. The molecule has 152 valence electrons. The number of hydrogen-bond donors (Lipinski definition) is 0. The first-order valence-electron chi connectivity index (χ1n) is 11.3. The van der Waals surface area contributed by atoms with Crippen LogP contribution in [0.15, 0.2) is 36.4 Å². The summed E-state index contributed by atoms with van der Waals surface area (Å²) in [6, 6.07) is 11.2. The maximum atomic E-state index is 12.8. The van der Waals surface area contributed by atoms with E-state index in [0.717, 1.165) is 32.6 Å². The summed E-state index contributed by atoms with van der Waals surface area (Å²) in [6.45, 7) is 7.54. The van der Waals surface area contributed by atoms with Gasteiger partial charge in [0.05, 0.1) is 5.92 Å². The molecule has 0 radical (unpaired) electrons. The van der Waals surface area contributed by atoms with E-state index in [1.165, 1.54) is 57.3 Å². The van der Waals surface area contributed by atoms with Crippen molar-refractivity contribution in [1.82, 2.24) is 14.7 Å². The van der Waals surface area contributed by atoms with Gasteiger partial charge in [-0.2, -0.15) is 0 Å². The van der Waals surface area contributed by atoms with E-state index in [1.807, 2.05) is 0 Å². The van der Waals surface area contributed by atoms with Gasteiger partial charge in [0, 0.05) is 32.2 Å². The Bertz CT molecular complexity index is 645. The summed E-state index contributed by atoms with van der Waals surface area (Å²) < 4.78 is 0. The average Bonchev–Trinajstić information content (AvgIpc) is 3.30. The molecule has 4 nitrogen and oxygen atoms in total. The summed E-state index contributed by atoms with van der Waals surface area (Å²) in [5, 5.41) is 0. The quantitative estimate of drug-likeness (QED) is 0.781. The lowest BCUT2D eigenvalue weighted by atomic mass is 9.93. The van der Waals surface area contributed by atoms with Gasteiger partial charge in [-0.15, -0.1) is 0 Å². The van der Waals surface area contributed by atoms with Crippen LogP contribution in [0.5, 0.6) is 0 Å². The SMILES string of the molecule is O=C([C@H]1CCCN(C2CCN(C/C=C/c3ccccc3)CC2)C1)N1CCCC1. The molecular formula is C24H35N3O. The third kappa shape index (κ3) is 5.03. The Morgan fingerprint density at radius 1 is 0.929 bits per heavy atom. The predicted molar refractivity (Wildman–Crippen MR) is 115 cm³/mol. The lowest BCUT2D eigenvalue weighted by molar-refractivity contribution is -0.136. The highest BCUT2D eigenvalue weighted by molar-refractivity contribution is 5.79. The second-order valence-electron chi connectivity index (χ2n) is 8.71. The Labute approximate surface area is 170 Å². The monoisotopic (exact) mass is 381 g/mol. The molecule has 0 unspecified atom stereocenters. The van der Waals surface area contributed by atoms with Gasteiger partial charge in [-0.05, 0) is 63.7 Å². The number of likely N-dealkylation sites (tertiary alicyclic amines) is 3. The van der Waals surface area contributed by atoms with Crippen molar-refractivity contribution in [3.05, 3.63) is 42.0 Å². The largest absolute Gasteiger partial charge is 0.342 e. The van der Waals surface area contributed by atoms with Gasteiger partial charge in [0.1, 0.15) is 0 Å². The van der Waals surface area contributed by atoms with Gasteiger partial charge in [0.2, 0.25) is 5.91 Å². The number of piperidine rings is 2. The highest BCUT2D eigenvalue weighted by atomic mass is 16.2. The van der Waals surface area contributed by atoms with E-state index >= 15 is 0 Å². The van der Waals surface area contributed by atoms with E-state index < -0.39 is 0 Å². The highest BCUT2D eigenvalue weighted by Gasteiger charge is 2.33. The Kier molecular flexibility index (Phi) is 6.81. The summed E-state index contributed by atoms with van der Waals surface area (Å²) in [4.78, 5) is 20.1. The summed E-state index contributed by atoms with van der Waals surface area (Å²) >= 11 is 0. The topological polar surface area (TPSA) is 26.8 Å². The zero-order valence-electron chi connectivity index (χ0n) is 17.1. The first-order valence-corrected chi connectivity index (χ1v) is 11.3. The molecule has 3 saturated heterocycles. The van der Waals surface area contributed by atoms with Crippen LogP contribution >= 0.6 is 0 Å². The second kappa shape index (κ2) is 9.71. The minimum Gasteiger partial charge on any atom is -0.342 e. The highest BCUT2D eigenvalue weighted by Crippen LogP contribution is 2.26. The summed E-state index contributed by atoms with van der Waals surface area (Å²) in [7, 11) is 0.